The molecule has 0 N–H and O–H groups in total. The van der Waals surface area contributed by atoms with Crippen LogP contribution in [0.2, 0.25) is 0 Å². The topological polar surface area (TPSA) is 70.4 Å². The molecule has 1 aromatic heterocycles. The number of rotatable bonds is 5. The van der Waals surface area contributed by atoms with Gasteiger partial charge in [0.2, 0.25) is 0 Å². The van der Waals surface area contributed by atoms with Gasteiger partial charge in [0.15, 0.2) is 5.16 Å². The number of nitrogens with zero attached hydrogens (tertiary/aromatic N) is 2. The molecule has 0 unspecified atom stereocenters. The highest BCUT2D eigenvalue weighted by Crippen LogP contribution is 2.20. The monoisotopic (exact) mass is 272 g/mol. The number of thioether (sulfide) groups is 1. The third kappa shape index (κ3) is 3.76. The number of esters is 2. The van der Waals surface area contributed by atoms with Crippen molar-refractivity contribution in [1.29, 1.82) is 0 Å². The van der Waals surface area contributed by atoms with E-state index in [1.807, 2.05) is 17.9 Å². The van der Waals surface area contributed by atoms with E-state index in [1.54, 1.807) is 0 Å². The fourth-order valence-electron chi connectivity index (χ4n) is 1.38. The number of hydrogen-bond donors (Lipinski definition) is 0. The third-order valence-electron chi connectivity index (χ3n) is 2.26. The maximum Gasteiger partial charge on any atom is 0.303 e. The average Bonchev–Trinajstić information content (AvgIpc) is 2.60. The third-order valence-corrected chi connectivity index (χ3v) is 2.99. The highest BCUT2D eigenvalue weighted by Gasteiger charge is 2.16. The van der Waals surface area contributed by atoms with Crippen LogP contribution in [-0.4, -0.2) is 27.7 Å². The van der Waals surface area contributed by atoms with Gasteiger partial charge in [0, 0.05) is 20.9 Å². The molecule has 0 aromatic carbocycles. The number of imidazole rings is 1. The fraction of sp³-hybridized carbons (Fsp3) is 0.545. The molecule has 0 aliphatic heterocycles. The molecular formula is C11H16N2O4S. The van der Waals surface area contributed by atoms with Gasteiger partial charge in [0.1, 0.15) is 18.9 Å². The molecule has 1 aromatic rings. The summed E-state index contributed by atoms with van der Waals surface area (Å²) in [4.78, 5) is 26.0. The molecule has 0 bridgehead atoms. The van der Waals surface area contributed by atoms with Crippen LogP contribution in [0.5, 0.6) is 0 Å². The molecule has 0 amide bonds. The maximum absolute atomic E-state index is 10.8. The van der Waals surface area contributed by atoms with E-state index in [0.29, 0.717) is 5.69 Å². The van der Waals surface area contributed by atoms with E-state index in [9.17, 15) is 9.59 Å². The van der Waals surface area contributed by atoms with Gasteiger partial charge in [-0.1, -0.05) is 11.8 Å². The normalized spacial score (nSPS) is 10.2. The summed E-state index contributed by atoms with van der Waals surface area (Å²) in [7, 11) is 1.83. The first-order chi connectivity index (χ1) is 8.45. The van der Waals surface area contributed by atoms with Crippen molar-refractivity contribution in [3.63, 3.8) is 0 Å². The second kappa shape index (κ2) is 6.44. The summed E-state index contributed by atoms with van der Waals surface area (Å²) in [6.45, 7) is 2.89. The summed E-state index contributed by atoms with van der Waals surface area (Å²) in [6, 6.07) is 0. The molecule has 0 saturated carbocycles. The SMILES string of the molecule is CSc1nc(COC(C)=O)c(COC(C)=O)n1C. The van der Waals surface area contributed by atoms with E-state index >= 15 is 0 Å². The van der Waals surface area contributed by atoms with Gasteiger partial charge >= 0.3 is 11.9 Å². The van der Waals surface area contributed by atoms with Crippen molar-refractivity contribution in [3.05, 3.63) is 11.4 Å². The number of carbonyl (C=O) groups is 2. The number of aromatic nitrogens is 2. The van der Waals surface area contributed by atoms with Crippen LogP contribution in [0.25, 0.3) is 0 Å². The molecule has 1 rings (SSSR count). The maximum atomic E-state index is 10.8. The molecule has 0 aliphatic rings. The lowest BCUT2D eigenvalue weighted by molar-refractivity contribution is -0.144. The molecule has 7 heteroatoms. The summed E-state index contributed by atoms with van der Waals surface area (Å²) < 4.78 is 11.7. The van der Waals surface area contributed by atoms with Crippen LogP contribution in [0.3, 0.4) is 0 Å². The van der Waals surface area contributed by atoms with Crippen molar-refractivity contribution in [3.8, 4) is 0 Å². The number of ether oxygens (including phenoxy) is 2. The van der Waals surface area contributed by atoms with Gasteiger partial charge in [-0.15, -0.1) is 0 Å². The Labute approximate surface area is 110 Å². The van der Waals surface area contributed by atoms with Gasteiger partial charge in [-0.2, -0.15) is 0 Å². The summed E-state index contributed by atoms with van der Waals surface area (Å²) in [5, 5.41) is 0.777. The number of carbonyl (C=O) groups excluding carboxylic acids is 2. The zero-order chi connectivity index (χ0) is 13.7. The molecule has 6 nitrogen and oxygen atoms in total. The van der Waals surface area contributed by atoms with Crippen LogP contribution in [0, 0.1) is 0 Å². The van der Waals surface area contributed by atoms with Crippen molar-refractivity contribution < 1.29 is 19.1 Å². The smallest absolute Gasteiger partial charge is 0.303 e. The zero-order valence-corrected chi connectivity index (χ0v) is 11.7. The molecule has 0 spiro atoms. The molecule has 0 fully saturated rings. The van der Waals surface area contributed by atoms with Crippen LogP contribution >= 0.6 is 11.8 Å². The molecule has 0 saturated heterocycles. The Morgan fingerprint density at radius 3 is 2.28 bits per heavy atom. The standard InChI is InChI=1S/C11H16N2O4S/c1-7(14)16-5-9-10(6-17-8(2)15)13(3)11(12-9)18-4/h5-6H2,1-4H3. The molecule has 100 valence electrons. The first-order valence-electron chi connectivity index (χ1n) is 5.30. The van der Waals surface area contributed by atoms with E-state index < -0.39 is 0 Å². The summed E-state index contributed by atoms with van der Waals surface area (Å²) >= 11 is 1.47. The quantitative estimate of drug-likeness (QED) is 0.594. The Kier molecular flexibility index (Phi) is 5.21. The highest BCUT2D eigenvalue weighted by atomic mass is 32.2. The highest BCUT2D eigenvalue weighted by molar-refractivity contribution is 7.98. The van der Waals surface area contributed by atoms with E-state index in [4.69, 9.17) is 9.47 Å². The molecule has 0 aliphatic carbocycles. The fourth-order valence-corrected chi connectivity index (χ4v) is 1.97. The van der Waals surface area contributed by atoms with Gasteiger partial charge in [-0.25, -0.2) is 4.98 Å². The second-order valence-corrected chi connectivity index (χ2v) is 4.38. The van der Waals surface area contributed by atoms with Crippen LogP contribution in [0.1, 0.15) is 25.2 Å². The van der Waals surface area contributed by atoms with Gasteiger partial charge in [0.05, 0.1) is 5.69 Å². The molecule has 18 heavy (non-hydrogen) atoms. The van der Waals surface area contributed by atoms with Crippen molar-refractivity contribution in [2.75, 3.05) is 6.26 Å². The van der Waals surface area contributed by atoms with Gasteiger partial charge < -0.3 is 14.0 Å². The molecule has 0 atom stereocenters. The first kappa shape index (κ1) is 14.6. The Hall–Kier alpha value is -1.50. The number of hydrogen-bond acceptors (Lipinski definition) is 6. The molecule has 0 radical (unpaired) electrons. The largest absolute Gasteiger partial charge is 0.459 e. The lowest BCUT2D eigenvalue weighted by Crippen LogP contribution is -2.08. The zero-order valence-electron chi connectivity index (χ0n) is 10.8. The van der Waals surface area contributed by atoms with E-state index in [-0.39, 0.29) is 25.2 Å². The van der Waals surface area contributed by atoms with E-state index in [0.717, 1.165) is 10.9 Å². The first-order valence-corrected chi connectivity index (χ1v) is 6.53. The lowest BCUT2D eigenvalue weighted by Gasteiger charge is -2.07. The Morgan fingerprint density at radius 2 is 1.78 bits per heavy atom. The van der Waals surface area contributed by atoms with E-state index in [2.05, 4.69) is 4.98 Å². The Balaban J connectivity index is 2.91. The van der Waals surface area contributed by atoms with Crippen LogP contribution < -0.4 is 0 Å². The Morgan fingerprint density at radius 1 is 1.22 bits per heavy atom. The second-order valence-electron chi connectivity index (χ2n) is 3.61. The van der Waals surface area contributed by atoms with Crippen molar-refractivity contribution in [2.45, 2.75) is 32.2 Å². The van der Waals surface area contributed by atoms with Gasteiger partial charge in [-0.3, -0.25) is 9.59 Å². The minimum atomic E-state index is -0.371. The molecule has 1 heterocycles. The molecular weight excluding hydrogens is 256 g/mol. The van der Waals surface area contributed by atoms with Crippen LogP contribution in [-0.2, 0) is 39.3 Å². The average molecular weight is 272 g/mol. The van der Waals surface area contributed by atoms with E-state index in [1.165, 1.54) is 25.6 Å². The lowest BCUT2D eigenvalue weighted by atomic mass is 10.3. The van der Waals surface area contributed by atoms with Crippen LogP contribution in [0.4, 0.5) is 0 Å². The van der Waals surface area contributed by atoms with Crippen molar-refractivity contribution in [1.82, 2.24) is 9.55 Å². The van der Waals surface area contributed by atoms with Gasteiger partial charge in [-0.05, 0) is 6.26 Å². The van der Waals surface area contributed by atoms with Crippen molar-refractivity contribution in [2.24, 2.45) is 7.05 Å². The summed E-state index contributed by atoms with van der Waals surface area (Å²) in [5.74, 6) is -0.731. The predicted molar refractivity (Wildman–Crippen MR) is 65.9 cm³/mol. The summed E-state index contributed by atoms with van der Waals surface area (Å²) in [6.07, 6.45) is 1.90. The predicted octanol–water partition coefficient (Wildman–Crippen LogP) is 1.27. The minimum absolute atomic E-state index is 0.0837. The van der Waals surface area contributed by atoms with Gasteiger partial charge in [0.25, 0.3) is 0 Å². The minimum Gasteiger partial charge on any atom is -0.459 e. The van der Waals surface area contributed by atoms with Crippen LogP contribution in [0.15, 0.2) is 5.16 Å². The summed E-state index contributed by atoms with van der Waals surface area (Å²) in [5.41, 5.74) is 1.34. The van der Waals surface area contributed by atoms with Crippen molar-refractivity contribution >= 4 is 23.7 Å². The Bertz CT molecular complexity index is 456.